The van der Waals surface area contributed by atoms with Crippen molar-refractivity contribution in [3.8, 4) is 11.3 Å². The van der Waals surface area contributed by atoms with Crippen LogP contribution in [0.2, 0.25) is 5.02 Å². The number of nitrogens with one attached hydrogen (secondary N) is 2. The summed E-state index contributed by atoms with van der Waals surface area (Å²) in [5.41, 5.74) is 3.98. The Labute approximate surface area is 190 Å². The fourth-order valence-electron chi connectivity index (χ4n) is 3.31. The Morgan fingerprint density at radius 2 is 1.59 bits per heavy atom. The second-order valence-electron chi connectivity index (χ2n) is 7.19. The molecular weight excluding hydrogens is 424 g/mol. The summed E-state index contributed by atoms with van der Waals surface area (Å²) in [6, 6.07) is 23.8. The lowest BCUT2D eigenvalue weighted by Crippen LogP contribution is -2.18. The zero-order valence-electron chi connectivity index (χ0n) is 17.4. The lowest BCUT2D eigenvalue weighted by molar-refractivity contribution is 0.0962. The molecule has 0 bridgehead atoms. The van der Waals surface area contributed by atoms with Gasteiger partial charge in [0.2, 0.25) is 0 Å². The van der Waals surface area contributed by atoms with E-state index in [2.05, 4.69) is 15.7 Å². The van der Waals surface area contributed by atoms with Crippen LogP contribution in [0.15, 0.2) is 85.1 Å². The minimum atomic E-state index is -0.290. The van der Waals surface area contributed by atoms with Gasteiger partial charge in [-0.15, -0.1) is 0 Å². The molecule has 0 spiro atoms. The number of carbonyl (C=O) groups excluding carboxylic acids is 2. The van der Waals surface area contributed by atoms with E-state index >= 15 is 0 Å². The lowest BCUT2D eigenvalue weighted by atomic mass is 10.1. The number of benzene rings is 3. The van der Waals surface area contributed by atoms with Crippen molar-refractivity contribution in [2.45, 2.75) is 6.54 Å². The molecule has 0 fully saturated rings. The van der Waals surface area contributed by atoms with Crippen LogP contribution in [-0.2, 0) is 6.54 Å². The second-order valence-corrected chi connectivity index (χ2v) is 7.63. The van der Waals surface area contributed by atoms with Gasteiger partial charge in [0.15, 0.2) is 0 Å². The molecule has 0 aliphatic rings. The van der Waals surface area contributed by atoms with Gasteiger partial charge >= 0.3 is 0 Å². The van der Waals surface area contributed by atoms with Crippen LogP contribution in [0.4, 0.5) is 5.69 Å². The van der Waals surface area contributed by atoms with Crippen LogP contribution in [0.5, 0.6) is 0 Å². The van der Waals surface area contributed by atoms with Crippen molar-refractivity contribution < 1.29 is 9.59 Å². The first-order valence-corrected chi connectivity index (χ1v) is 10.4. The van der Waals surface area contributed by atoms with Gasteiger partial charge in [0.25, 0.3) is 11.8 Å². The van der Waals surface area contributed by atoms with Crippen molar-refractivity contribution in [2.24, 2.45) is 0 Å². The molecule has 32 heavy (non-hydrogen) atoms. The molecule has 160 valence electrons. The van der Waals surface area contributed by atoms with Gasteiger partial charge in [-0.2, -0.15) is 5.10 Å². The smallest absolute Gasteiger partial charge is 0.259 e. The zero-order chi connectivity index (χ0) is 22.5. The summed E-state index contributed by atoms with van der Waals surface area (Å²) in [5, 5.41) is 10.8. The molecule has 1 aromatic heterocycles. The Morgan fingerprint density at radius 3 is 2.25 bits per heavy atom. The van der Waals surface area contributed by atoms with E-state index in [4.69, 9.17) is 11.6 Å². The average molecular weight is 445 g/mol. The van der Waals surface area contributed by atoms with Crippen LogP contribution in [0.25, 0.3) is 11.3 Å². The Balaban J connectivity index is 1.63. The van der Waals surface area contributed by atoms with Gasteiger partial charge in [0, 0.05) is 35.1 Å². The highest BCUT2D eigenvalue weighted by molar-refractivity contribution is 6.30. The molecule has 6 nitrogen and oxygen atoms in total. The van der Waals surface area contributed by atoms with Crippen LogP contribution in [0, 0.1) is 0 Å². The first-order valence-electron chi connectivity index (χ1n) is 10.0. The van der Waals surface area contributed by atoms with Crippen molar-refractivity contribution in [3.63, 3.8) is 0 Å². The van der Waals surface area contributed by atoms with E-state index < -0.39 is 0 Å². The third kappa shape index (κ3) is 4.87. The molecule has 3 aromatic carbocycles. The maximum Gasteiger partial charge on any atom is 0.259 e. The summed E-state index contributed by atoms with van der Waals surface area (Å²) < 4.78 is 1.75. The number of anilines is 1. The number of rotatable bonds is 6. The highest BCUT2D eigenvalue weighted by Gasteiger charge is 2.19. The predicted molar refractivity (Wildman–Crippen MR) is 126 cm³/mol. The van der Waals surface area contributed by atoms with Gasteiger partial charge in [-0.25, -0.2) is 0 Å². The third-order valence-corrected chi connectivity index (χ3v) is 5.20. The van der Waals surface area contributed by atoms with Crippen LogP contribution in [-0.4, -0.2) is 28.6 Å². The molecule has 0 saturated heterocycles. The molecule has 0 aliphatic carbocycles. The number of amides is 2. The molecule has 7 heteroatoms. The van der Waals surface area contributed by atoms with Gasteiger partial charge in [0.1, 0.15) is 5.69 Å². The van der Waals surface area contributed by atoms with Crippen molar-refractivity contribution >= 4 is 29.1 Å². The summed E-state index contributed by atoms with van der Waals surface area (Å²) >= 11 is 6.03. The number of hydrogen-bond donors (Lipinski definition) is 2. The van der Waals surface area contributed by atoms with Gasteiger partial charge in [0.05, 0.1) is 12.1 Å². The van der Waals surface area contributed by atoms with E-state index in [0.29, 0.717) is 34.1 Å². The van der Waals surface area contributed by atoms with Crippen LogP contribution < -0.4 is 10.6 Å². The molecule has 0 atom stereocenters. The quantitative estimate of drug-likeness (QED) is 0.445. The number of nitrogens with zero attached hydrogens (tertiary/aromatic N) is 2. The minimum Gasteiger partial charge on any atom is -0.355 e. The maximum atomic E-state index is 13.1. The molecule has 0 unspecified atom stereocenters. The summed E-state index contributed by atoms with van der Waals surface area (Å²) in [6.07, 6.45) is 1.74. The summed E-state index contributed by atoms with van der Waals surface area (Å²) in [5.74, 6) is -0.475. The molecule has 2 N–H and O–H groups in total. The molecule has 0 aliphatic heterocycles. The number of aromatic nitrogens is 2. The average Bonchev–Trinajstić information content (AvgIpc) is 3.24. The highest BCUT2D eigenvalue weighted by Crippen LogP contribution is 2.25. The SMILES string of the molecule is CNC(=O)c1ccc(NC(=O)c2cn(Cc3ccccc3)nc2-c2ccc(Cl)cc2)cc1. The Kier molecular flexibility index (Phi) is 6.33. The lowest BCUT2D eigenvalue weighted by Gasteiger charge is -2.07. The Bertz CT molecular complexity index is 1230. The summed E-state index contributed by atoms with van der Waals surface area (Å²) in [4.78, 5) is 24.9. The number of carbonyl (C=O) groups is 2. The maximum absolute atomic E-state index is 13.1. The van der Waals surface area contributed by atoms with Crippen LogP contribution in [0.1, 0.15) is 26.3 Å². The molecule has 0 radical (unpaired) electrons. The number of halogens is 1. The zero-order valence-corrected chi connectivity index (χ0v) is 18.1. The van der Waals surface area contributed by atoms with Crippen molar-refractivity contribution in [1.29, 1.82) is 0 Å². The number of hydrogen-bond acceptors (Lipinski definition) is 3. The molecule has 0 saturated carbocycles. The largest absolute Gasteiger partial charge is 0.355 e. The van der Waals surface area contributed by atoms with E-state index in [1.807, 2.05) is 42.5 Å². The fraction of sp³-hybridized carbons (Fsp3) is 0.0800. The third-order valence-electron chi connectivity index (χ3n) is 4.94. The minimum absolute atomic E-state index is 0.185. The van der Waals surface area contributed by atoms with Gasteiger partial charge in [-0.05, 0) is 42.0 Å². The second kappa shape index (κ2) is 9.49. The molecular formula is C25H21ClN4O2. The van der Waals surface area contributed by atoms with Gasteiger partial charge in [-0.1, -0.05) is 54.1 Å². The van der Waals surface area contributed by atoms with Crippen LogP contribution >= 0.6 is 11.6 Å². The highest BCUT2D eigenvalue weighted by atomic mass is 35.5. The standard InChI is InChI=1S/C25H21ClN4O2/c1-27-24(31)19-9-13-21(14-10-19)28-25(32)22-16-30(15-17-5-3-2-4-6-17)29-23(22)18-7-11-20(26)12-8-18/h2-14,16H,15H2,1H3,(H,27,31)(H,28,32). The van der Waals surface area contributed by atoms with E-state index in [9.17, 15) is 9.59 Å². The first-order chi connectivity index (χ1) is 15.5. The van der Waals surface area contributed by atoms with Crippen molar-refractivity contribution in [1.82, 2.24) is 15.1 Å². The normalized spacial score (nSPS) is 10.6. The van der Waals surface area contributed by atoms with E-state index in [1.165, 1.54) is 0 Å². The van der Waals surface area contributed by atoms with Gasteiger partial charge in [-0.3, -0.25) is 14.3 Å². The summed E-state index contributed by atoms with van der Waals surface area (Å²) in [6.45, 7) is 0.537. The first kappa shape index (κ1) is 21.3. The fourth-order valence-corrected chi connectivity index (χ4v) is 3.43. The molecule has 4 aromatic rings. The molecule has 1 heterocycles. The molecule has 4 rings (SSSR count). The summed E-state index contributed by atoms with van der Waals surface area (Å²) in [7, 11) is 1.57. The van der Waals surface area contributed by atoms with Gasteiger partial charge < -0.3 is 10.6 Å². The van der Waals surface area contributed by atoms with E-state index in [0.717, 1.165) is 11.1 Å². The van der Waals surface area contributed by atoms with E-state index in [-0.39, 0.29) is 11.8 Å². The van der Waals surface area contributed by atoms with Crippen molar-refractivity contribution in [3.05, 3.63) is 107 Å². The van der Waals surface area contributed by atoms with Crippen LogP contribution in [0.3, 0.4) is 0 Å². The predicted octanol–water partition coefficient (Wildman–Crippen LogP) is 4.86. The Hall–Kier alpha value is -3.90. The molecule has 2 amide bonds. The topological polar surface area (TPSA) is 76.0 Å². The Morgan fingerprint density at radius 1 is 0.906 bits per heavy atom. The van der Waals surface area contributed by atoms with Crippen molar-refractivity contribution in [2.75, 3.05) is 12.4 Å². The van der Waals surface area contributed by atoms with E-state index in [1.54, 1.807) is 54.3 Å². The monoisotopic (exact) mass is 444 g/mol.